The first-order valence-electron chi connectivity index (χ1n) is 7.41. The van der Waals surface area contributed by atoms with Gasteiger partial charge in [-0.3, -0.25) is 19.8 Å². The fourth-order valence-electron chi connectivity index (χ4n) is 2.79. The average molecular weight is 292 g/mol. The Bertz CT molecular complexity index is 510. The van der Waals surface area contributed by atoms with Crippen molar-refractivity contribution >= 4 is 11.8 Å². The van der Waals surface area contributed by atoms with Crippen LogP contribution in [0.25, 0.3) is 0 Å². The second kappa shape index (κ2) is 6.87. The third kappa shape index (κ3) is 4.15. The van der Waals surface area contributed by atoms with Crippen LogP contribution in [0.1, 0.15) is 30.3 Å². The van der Waals surface area contributed by atoms with Gasteiger partial charge in [-0.15, -0.1) is 0 Å². The minimum atomic E-state index is -0.353. The summed E-state index contributed by atoms with van der Waals surface area (Å²) in [7, 11) is 1.78. The van der Waals surface area contributed by atoms with Crippen molar-refractivity contribution in [2.75, 3.05) is 19.6 Å². The van der Waals surface area contributed by atoms with E-state index in [1.54, 1.807) is 29.9 Å². The van der Waals surface area contributed by atoms with Crippen LogP contribution in [-0.4, -0.2) is 47.0 Å². The Morgan fingerprint density at radius 1 is 1.52 bits per heavy atom. The molecule has 1 saturated heterocycles. The van der Waals surface area contributed by atoms with Gasteiger partial charge in [0.2, 0.25) is 5.91 Å². The lowest BCUT2D eigenvalue weighted by atomic mass is 9.92. The number of carbonyl (C=O) groups is 2. The van der Waals surface area contributed by atoms with Crippen molar-refractivity contribution in [3.63, 3.8) is 0 Å². The van der Waals surface area contributed by atoms with Gasteiger partial charge in [0.05, 0.1) is 6.54 Å². The summed E-state index contributed by atoms with van der Waals surface area (Å²) in [5.74, 6) is -0.185. The fraction of sp³-hybridized carbons (Fsp3) is 0.600. The second-order valence-electron chi connectivity index (χ2n) is 5.88. The summed E-state index contributed by atoms with van der Waals surface area (Å²) in [5, 5.41) is 2.44. The predicted molar refractivity (Wildman–Crippen MR) is 80.7 cm³/mol. The van der Waals surface area contributed by atoms with Gasteiger partial charge in [0, 0.05) is 25.8 Å². The molecule has 2 heterocycles. The van der Waals surface area contributed by atoms with Crippen molar-refractivity contribution in [1.29, 1.82) is 0 Å². The van der Waals surface area contributed by atoms with Crippen molar-refractivity contribution in [3.8, 4) is 0 Å². The first kappa shape index (κ1) is 15.7. The molecule has 6 nitrogen and oxygen atoms in total. The third-order valence-electron chi connectivity index (χ3n) is 4.08. The molecule has 116 valence electrons. The van der Waals surface area contributed by atoms with Crippen LogP contribution in [0.4, 0.5) is 0 Å². The Balaban J connectivity index is 1.84. The highest BCUT2D eigenvalue weighted by molar-refractivity contribution is 6.04. The summed E-state index contributed by atoms with van der Waals surface area (Å²) in [4.78, 5) is 26.0. The Morgan fingerprint density at radius 3 is 2.90 bits per heavy atom. The molecule has 1 aliphatic rings. The van der Waals surface area contributed by atoms with Gasteiger partial charge >= 0.3 is 0 Å². The van der Waals surface area contributed by atoms with Gasteiger partial charge in [-0.2, -0.15) is 0 Å². The summed E-state index contributed by atoms with van der Waals surface area (Å²) in [6.45, 7) is 3.96. The van der Waals surface area contributed by atoms with E-state index in [4.69, 9.17) is 5.73 Å². The number of nitrogens with zero attached hydrogens (tertiary/aromatic N) is 2. The number of likely N-dealkylation sites (tertiary alicyclic amines) is 1. The normalized spacial score (nSPS) is 21.0. The lowest BCUT2D eigenvalue weighted by Gasteiger charge is -2.34. The molecule has 21 heavy (non-hydrogen) atoms. The predicted octanol–water partition coefficient (Wildman–Crippen LogP) is 0.341. The highest BCUT2D eigenvalue weighted by Gasteiger charge is 2.24. The molecule has 2 rings (SSSR count). The molecule has 3 N–H and O–H groups in total. The zero-order valence-electron chi connectivity index (χ0n) is 12.7. The quantitative estimate of drug-likeness (QED) is 0.838. The standard InChI is InChI=1S/C15H24N4O2/c1-11(16)12-5-3-8-19(9-12)10-14(20)17-15(21)13-6-4-7-18(13)2/h4,6-7,11-12H,3,5,8-10,16H2,1-2H3,(H,17,20,21). The minimum Gasteiger partial charge on any atom is -0.347 e. The molecule has 0 aliphatic carbocycles. The minimum absolute atomic E-state index is 0.140. The van der Waals surface area contributed by atoms with Crippen LogP contribution in [0.3, 0.4) is 0 Å². The highest BCUT2D eigenvalue weighted by atomic mass is 16.2. The summed E-state index contributed by atoms with van der Waals surface area (Å²) in [5.41, 5.74) is 6.42. The molecule has 1 fully saturated rings. The van der Waals surface area contributed by atoms with Gasteiger partial charge in [0.1, 0.15) is 5.69 Å². The molecule has 2 amide bonds. The van der Waals surface area contributed by atoms with Crippen molar-refractivity contribution in [1.82, 2.24) is 14.8 Å². The molecule has 0 spiro atoms. The fourth-order valence-corrected chi connectivity index (χ4v) is 2.79. The highest BCUT2D eigenvalue weighted by Crippen LogP contribution is 2.18. The van der Waals surface area contributed by atoms with E-state index in [1.165, 1.54) is 0 Å². The van der Waals surface area contributed by atoms with Gasteiger partial charge in [0.15, 0.2) is 0 Å². The molecule has 2 unspecified atom stereocenters. The molecular formula is C15H24N4O2. The zero-order chi connectivity index (χ0) is 15.4. The first-order chi connectivity index (χ1) is 9.97. The number of hydrogen-bond acceptors (Lipinski definition) is 4. The van der Waals surface area contributed by atoms with Gasteiger partial charge in [0.25, 0.3) is 5.91 Å². The van der Waals surface area contributed by atoms with E-state index in [9.17, 15) is 9.59 Å². The summed E-state index contributed by atoms with van der Waals surface area (Å²) < 4.78 is 1.69. The maximum atomic E-state index is 12.0. The smallest absolute Gasteiger partial charge is 0.274 e. The molecule has 0 radical (unpaired) electrons. The third-order valence-corrected chi connectivity index (χ3v) is 4.08. The molecule has 0 aromatic carbocycles. The Kier molecular flexibility index (Phi) is 5.14. The van der Waals surface area contributed by atoms with Gasteiger partial charge in [-0.05, 0) is 44.4 Å². The molecular weight excluding hydrogens is 268 g/mol. The number of rotatable bonds is 4. The number of aryl methyl sites for hydroxylation is 1. The molecule has 6 heteroatoms. The summed E-state index contributed by atoms with van der Waals surface area (Å²) in [6.07, 6.45) is 3.93. The molecule has 1 aliphatic heterocycles. The maximum absolute atomic E-state index is 12.0. The number of hydrogen-bond donors (Lipinski definition) is 2. The van der Waals surface area contributed by atoms with E-state index in [0.717, 1.165) is 25.9 Å². The van der Waals surface area contributed by atoms with Gasteiger partial charge in [-0.25, -0.2) is 0 Å². The lowest BCUT2D eigenvalue weighted by Crippen LogP contribution is -2.47. The summed E-state index contributed by atoms with van der Waals surface area (Å²) in [6, 6.07) is 3.60. The average Bonchev–Trinajstić information content (AvgIpc) is 2.85. The monoisotopic (exact) mass is 292 g/mol. The SMILES string of the molecule is CC(N)C1CCCN(CC(=O)NC(=O)c2cccn2C)C1. The first-order valence-corrected chi connectivity index (χ1v) is 7.41. The number of imide groups is 1. The molecule has 1 aromatic rings. The van der Waals surface area contributed by atoms with E-state index in [1.807, 2.05) is 6.92 Å². The van der Waals surface area contributed by atoms with E-state index >= 15 is 0 Å². The number of amides is 2. The number of aromatic nitrogens is 1. The van der Waals surface area contributed by atoms with Crippen molar-refractivity contribution in [3.05, 3.63) is 24.0 Å². The Morgan fingerprint density at radius 2 is 2.29 bits per heavy atom. The molecule has 0 bridgehead atoms. The molecule has 0 saturated carbocycles. The van der Waals surface area contributed by atoms with Crippen molar-refractivity contribution < 1.29 is 9.59 Å². The maximum Gasteiger partial charge on any atom is 0.274 e. The van der Waals surface area contributed by atoms with Crippen LogP contribution in [-0.2, 0) is 11.8 Å². The summed E-state index contributed by atoms with van der Waals surface area (Å²) >= 11 is 0. The van der Waals surface area contributed by atoms with E-state index < -0.39 is 0 Å². The van der Waals surface area contributed by atoms with Crippen LogP contribution < -0.4 is 11.1 Å². The van der Waals surface area contributed by atoms with Crippen LogP contribution in [0, 0.1) is 5.92 Å². The van der Waals surface area contributed by atoms with E-state index in [0.29, 0.717) is 11.6 Å². The van der Waals surface area contributed by atoms with Crippen molar-refractivity contribution in [2.24, 2.45) is 18.7 Å². The number of nitrogens with one attached hydrogen (secondary N) is 1. The largest absolute Gasteiger partial charge is 0.347 e. The van der Waals surface area contributed by atoms with Gasteiger partial charge < -0.3 is 10.3 Å². The second-order valence-corrected chi connectivity index (χ2v) is 5.88. The van der Waals surface area contributed by atoms with Crippen LogP contribution in [0.2, 0.25) is 0 Å². The Hall–Kier alpha value is -1.66. The number of nitrogens with two attached hydrogens (primary N) is 1. The topological polar surface area (TPSA) is 80.4 Å². The molecule has 2 atom stereocenters. The number of carbonyl (C=O) groups excluding carboxylic acids is 2. The lowest BCUT2D eigenvalue weighted by molar-refractivity contribution is -0.121. The zero-order valence-corrected chi connectivity index (χ0v) is 12.7. The van der Waals surface area contributed by atoms with Crippen LogP contribution in [0.5, 0.6) is 0 Å². The van der Waals surface area contributed by atoms with Crippen LogP contribution >= 0.6 is 0 Å². The van der Waals surface area contributed by atoms with E-state index in [-0.39, 0.29) is 24.4 Å². The van der Waals surface area contributed by atoms with Crippen LogP contribution in [0.15, 0.2) is 18.3 Å². The Labute approximate surface area is 125 Å². The number of piperidine rings is 1. The van der Waals surface area contributed by atoms with E-state index in [2.05, 4.69) is 10.2 Å². The molecule has 1 aromatic heterocycles. The van der Waals surface area contributed by atoms with Crippen molar-refractivity contribution in [2.45, 2.75) is 25.8 Å². The van der Waals surface area contributed by atoms with Gasteiger partial charge in [-0.1, -0.05) is 0 Å².